The molecule has 0 bridgehead atoms. The number of hydrogen-bond donors (Lipinski definition) is 1. The number of likely N-dealkylation sites (tertiary alicyclic amines) is 1. The Kier molecular flexibility index (Phi) is 6.32. The second-order valence-corrected chi connectivity index (χ2v) is 7.90. The van der Waals surface area contributed by atoms with Crippen LogP contribution in [0.1, 0.15) is 25.7 Å². The number of halogens is 2. The summed E-state index contributed by atoms with van der Waals surface area (Å²) in [5.74, 6) is 0. The zero-order valence-electron chi connectivity index (χ0n) is 11.8. The van der Waals surface area contributed by atoms with Crippen molar-refractivity contribution < 1.29 is 8.42 Å². The van der Waals surface area contributed by atoms with Crippen molar-refractivity contribution >= 4 is 33.2 Å². The minimum Gasteiger partial charge on any atom is -0.303 e. The maximum absolute atomic E-state index is 12.1. The second-order valence-electron chi connectivity index (χ2n) is 5.26. The molecule has 4 nitrogen and oxygen atoms in total. The molecule has 0 aromatic heterocycles. The molecular weight excluding hydrogens is 331 g/mol. The molecule has 1 saturated heterocycles. The smallest absolute Gasteiger partial charge is 0.240 e. The third kappa shape index (κ3) is 5.42. The van der Waals surface area contributed by atoms with Crippen LogP contribution in [0, 0.1) is 0 Å². The molecule has 0 saturated carbocycles. The number of benzene rings is 1. The molecule has 0 aliphatic carbocycles. The Morgan fingerprint density at radius 1 is 1.05 bits per heavy atom. The Morgan fingerprint density at radius 3 is 2.29 bits per heavy atom. The van der Waals surface area contributed by atoms with Gasteiger partial charge in [0.25, 0.3) is 0 Å². The average molecular weight is 351 g/mol. The SMILES string of the molecule is O=S(=O)(NCCCN1CCCCC1)c1cc(Cl)cc(Cl)c1. The molecule has 1 fully saturated rings. The first kappa shape index (κ1) is 17.0. The monoisotopic (exact) mass is 350 g/mol. The molecular formula is C14H20Cl2N2O2S. The Hall–Kier alpha value is -0.330. The maximum Gasteiger partial charge on any atom is 0.240 e. The molecule has 0 spiro atoms. The Morgan fingerprint density at radius 2 is 1.67 bits per heavy atom. The Bertz CT molecular complexity index is 552. The predicted molar refractivity (Wildman–Crippen MR) is 86.6 cm³/mol. The van der Waals surface area contributed by atoms with Gasteiger partial charge in [0.15, 0.2) is 0 Å². The van der Waals surface area contributed by atoms with E-state index in [9.17, 15) is 8.42 Å². The largest absolute Gasteiger partial charge is 0.303 e. The lowest BCUT2D eigenvalue weighted by molar-refractivity contribution is 0.227. The topological polar surface area (TPSA) is 49.4 Å². The fourth-order valence-corrected chi connectivity index (χ4v) is 4.26. The second kappa shape index (κ2) is 7.79. The van der Waals surface area contributed by atoms with Crippen LogP contribution in [0.15, 0.2) is 23.1 Å². The van der Waals surface area contributed by atoms with Crippen molar-refractivity contribution in [3.63, 3.8) is 0 Å². The summed E-state index contributed by atoms with van der Waals surface area (Å²) in [6, 6.07) is 4.32. The van der Waals surface area contributed by atoms with Crippen molar-refractivity contribution in [1.82, 2.24) is 9.62 Å². The molecule has 118 valence electrons. The van der Waals surface area contributed by atoms with E-state index in [0.717, 1.165) is 26.1 Å². The zero-order valence-corrected chi connectivity index (χ0v) is 14.1. The summed E-state index contributed by atoms with van der Waals surface area (Å²) >= 11 is 11.7. The summed E-state index contributed by atoms with van der Waals surface area (Å²) < 4.78 is 26.9. The predicted octanol–water partition coefficient (Wildman–Crippen LogP) is 3.15. The minimum absolute atomic E-state index is 0.109. The van der Waals surface area contributed by atoms with Gasteiger partial charge >= 0.3 is 0 Å². The van der Waals surface area contributed by atoms with Crippen LogP contribution in [0.5, 0.6) is 0 Å². The van der Waals surface area contributed by atoms with Gasteiger partial charge in [-0.1, -0.05) is 29.6 Å². The van der Waals surface area contributed by atoms with E-state index in [1.807, 2.05) is 0 Å². The van der Waals surface area contributed by atoms with E-state index in [1.54, 1.807) is 0 Å². The van der Waals surface area contributed by atoms with Crippen molar-refractivity contribution in [2.24, 2.45) is 0 Å². The first-order valence-corrected chi connectivity index (χ1v) is 9.39. The quantitative estimate of drug-likeness (QED) is 0.801. The molecule has 0 unspecified atom stereocenters. The van der Waals surface area contributed by atoms with Crippen molar-refractivity contribution in [1.29, 1.82) is 0 Å². The van der Waals surface area contributed by atoms with E-state index in [2.05, 4.69) is 9.62 Å². The van der Waals surface area contributed by atoms with Gasteiger partial charge in [-0.05, 0) is 57.1 Å². The average Bonchev–Trinajstić information content (AvgIpc) is 2.44. The van der Waals surface area contributed by atoms with Gasteiger partial charge in [0.1, 0.15) is 0 Å². The fraction of sp³-hybridized carbons (Fsp3) is 0.571. The zero-order chi connectivity index (χ0) is 15.3. The highest BCUT2D eigenvalue weighted by Gasteiger charge is 2.15. The summed E-state index contributed by atoms with van der Waals surface area (Å²) in [5, 5.41) is 0.632. The molecule has 7 heteroatoms. The van der Waals surface area contributed by atoms with Gasteiger partial charge in [-0.25, -0.2) is 13.1 Å². The van der Waals surface area contributed by atoms with Gasteiger partial charge < -0.3 is 4.90 Å². The van der Waals surface area contributed by atoms with E-state index in [-0.39, 0.29) is 4.90 Å². The number of nitrogens with zero attached hydrogens (tertiary/aromatic N) is 1. The van der Waals surface area contributed by atoms with Crippen LogP contribution in [0.4, 0.5) is 0 Å². The summed E-state index contributed by atoms with van der Waals surface area (Å²) in [5.41, 5.74) is 0. The van der Waals surface area contributed by atoms with Gasteiger partial charge in [-0.3, -0.25) is 0 Å². The third-order valence-electron chi connectivity index (χ3n) is 3.54. The molecule has 1 aliphatic heterocycles. The molecule has 0 amide bonds. The lowest BCUT2D eigenvalue weighted by atomic mass is 10.1. The Labute approximate surface area is 136 Å². The summed E-state index contributed by atoms with van der Waals surface area (Å²) in [7, 11) is -3.55. The number of piperidine rings is 1. The molecule has 1 aliphatic rings. The molecule has 1 aromatic rings. The van der Waals surface area contributed by atoms with E-state index >= 15 is 0 Å². The van der Waals surface area contributed by atoms with E-state index in [0.29, 0.717) is 16.6 Å². The van der Waals surface area contributed by atoms with Gasteiger partial charge in [0.2, 0.25) is 10.0 Å². The van der Waals surface area contributed by atoms with Crippen molar-refractivity contribution in [3.8, 4) is 0 Å². The summed E-state index contributed by atoms with van der Waals surface area (Å²) in [4.78, 5) is 2.49. The van der Waals surface area contributed by atoms with Crippen LogP contribution in [0.2, 0.25) is 10.0 Å². The van der Waals surface area contributed by atoms with Crippen LogP contribution in [0.25, 0.3) is 0 Å². The first-order chi connectivity index (χ1) is 9.97. The van der Waals surface area contributed by atoms with E-state index in [4.69, 9.17) is 23.2 Å². The molecule has 1 N–H and O–H groups in total. The third-order valence-corrected chi connectivity index (χ3v) is 5.42. The van der Waals surface area contributed by atoms with Crippen LogP contribution in [-0.2, 0) is 10.0 Å². The molecule has 21 heavy (non-hydrogen) atoms. The lowest BCUT2D eigenvalue weighted by Crippen LogP contribution is -2.33. The van der Waals surface area contributed by atoms with Crippen molar-refractivity contribution in [2.75, 3.05) is 26.2 Å². The number of sulfonamides is 1. The van der Waals surface area contributed by atoms with Crippen molar-refractivity contribution in [3.05, 3.63) is 28.2 Å². The molecule has 2 rings (SSSR count). The van der Waals surface area contributed by atoms with Crippen LogP contribution in [-0.4, -0.2) is 39.5 Å². The van der Waals surface area contributed by atoms with Gasteiger partial charge in [0.05, 0.1) is 4.90 Å². The standard InChI is InChI=1S/C14H20Cl2N2O2S/c15-12-9-13(16)11-14(10-12)21(19,20)17-5-4-8-18-6-2-1-3-7-18/h9-11,17H,1-8H2. The number of nitrogens with one attached hydrogen (secondary N) is 1. The highest BCUT2D eigenvalue weighted by atomic mass is 35.5. The van der Waals surface area contributed by atoms with Gasteiger partial charge in [-0.2, -0.15) is 0 Å². The lowest BCUT2D eigenvalue weighted by Gasteiger charge is -2.26. The van der Waals surface area contributed by atoms with E-state index in [1.165, 1.54) is 37.5 Å². The summed E-state index contributed by atoms with van der Waals surface area (Å²) in [6.45, 7) is 3.59. The Balaban J connectivity index is 1.83. The number of rotatable bonds is 6. The van der Waals surface area contributed by atoms with Crippen LogP contribution < -0.4 is 4.72 Å². The molecule has 1 heterocycles. The first-order valence-electron chi connectivity index (χ1n) is 7.15. The van der Waals surface area contributed by atoms with Crippen LogP contribution in [0.3, 0.4) is 0 Å². The maximum atomic E-state index is 12.1. The molecule has 0 atom stereocenters. The minimum atomic E-state index is -3.55. The van der Waals surface area contributed by atoms with Crippen molar-refractivity contribution in [2.45, 2.75) is 30.6 Å². The molecule has 0 radical (unpaired) electrons. The van der Waals surface area contributed by atoms with Gasteiger partial charge in [-0.15, -0.1) is 0 Å². The van der Waals surface area contributed by atoms with Gasteiger partial charge in [0, 0.05) is 16.6 Å². The van der Waals surface area contributed by atoms with E-state index < -0.39 is 10.0 Å². The molecule has 1 aromatic carbocycles. The summed E-state index contributed by atoms with van der Waals surface area (Å²) in [6.07, 6.45) is 4.59. The normalized spacial score (nSPS) is 17.0. The fourth-order valence-electron chi connectivity index (χ4n) is 2.46. The highest BCUT2D eigenvalue weighted by molar-refractivity contribution is 7.89. The highest BCUT2D eigenvalue weighted by Crippen LogP contribution is 2.22. The number of hydrogen-bond acceptors (Lipinski definition) is 3. The van der Waals surface area contributed by atoms with Crippen LogP contribution >= 0.6 is 23.2 Å².